The Balaban J connectivity index is 1.22. The smallest absolute Gasteiger partial charge is 0.219 e. The number of furan rings is 1. The van der Waals surface area contributed by atoms with Gasteiger partial charge in [-0.1, -0.05) is 12.1 Å². The number of ether oxygens (including phenoxy) is 1. The van der Waals surface area contributed by atoms with Gasteiger partial charge in [-0.05, 0) is 61.9 Å². The SMILES string of the molecule is Oc1cc(-c2cc3c(N4CC5CCC(C4)N5)nc(OC[C@@]45CCCN4C[C@H](F)C5)cc3o2)c2c(F)cccc2c1. The fourth-order valence-electron chi connectivity index (χ4n) is 7.63. The van der Waals surface area contributed by atoms with Crippen LogP contribution in [0.25, 0.3) is 33.1 Å². The molecule has 2 aromatic carbocycles. The number of pyridine rings is 1. The summed E-state index contributed by atoms with van der Waals surface area (Å²) in [5.74, 6) is 1.34. The zero-order valence-corrected chi connectivity index (χ0v) is 22.2. The van der Waals surface area contributed by atoms with Gasteiger partial charge in [-0.3, -0.25) is 4.90 Å². The van der Waals surface area contributed by atoms with Crippen molar-refractivity contribution in [3.63, 3.8) is 0 Å². The van der Waals surface area contributed by atoms with E-state index in [1.165, 1.54) is 6.07 Å². The fraction of sp³-hybridized carbons (Fsp3) is 0.452. The van der Waals surface area contributed by atoms with Crippen LogP contribution in [0.4, 0.5) is 14.6 Å². The zero-order chi connectivity index (χ0) is 27.0. The molecule has 4 aliphatic heterocycles. The quantitative estimate of drug-likeness (QED) is 0.348. The van der Waals surface area contributed by atoms with Crippen molar-refractivity contribution in [3.05, 3.63) is 48.3 Å². The highest BCUT2D eigenvalue weighted by Gasteiger charge is 2.49. The van der Waals surface area contributed by atoms with Gasteiger partial charge in [-0.15, -0.1) is 0 Å². The lowest BCUT2D eigenvalue weighted by atomic mass is 9.95. The highest BCUT2D eigenvalue weighted by molar-refractivity contribution is 6.00. The number of aromatic nitrogens is 1. The van der Waals surface area contributed by atoms with Crippen molar-refractivity contribution in [2.24, 2.45) is 0 Å². The first kappa shape index (κ1) is 24.4. The molecule has 2 unspecified atom stereocenters. The van der Waals surface area contributed by atoms with Crippen molar-refractivity contribution < 1.29 is 23.0 Å². The average Bonchev–Trinajstić information content (AvgIpc) is 3.68. The molecular weight excluding hydrogens is 514 g/mol. The number of alkyl halides is 1. The van der Waals surface area contributed by atoms with Gasteiger partial charge in [0.15, 0.2) is 0 Å². The summed E-state index contributed by atoms with van der Waals surface area (Å²) in [6.45, 7) is 3.41. The molecule has 0 amide bonds. The second-order valence-electron chi connectivity index (χ2n) is 12.0. The number of hydrogen-bond donors (Lipinski definition) is 2. The van der Waals surface area contributed by atoms with Gasteiger partial charge < -0.3 is 24.5 Å². The highest BCUT2D eigenvalue weighted by atomic mass is 19.1. The maximum Gasteiger partial charge on any atom is 0.219 e. The molecule has 2 aromatic heterocycles. The van der Waals surface area contributed by atoms with Crippen molar-refractivity contribution in [2.45, 2.75) is 55.9 Å². The Hall–Kier alpha value is -3.43. The molecule has 9 heteroatoms. The first-order valence-corrected chi connectivity index (χ1v) is 14.3. The molecule has 4 atom stereocenters. The number of piperazine rings is 1. The minimum atomic E-state index is -0.823. The number of fused-ring (bicyclic) bond motifs is 5. The molecule has 4 aliphatic rings. The van der Waals surface area contributed by atoms with Crippen LogP contribution in [0.1, 0.15) is 32.1 Å². The van der Waals surface area contributed by atoms with E-state index in [0.717, 1.165) is 56.5 Å². The number of halogens is 2. The molecule has 8 rings (SSSR count). The Morgan fingerprint density at radius 3 is 2.83 bits per heavy atom. The summed E-state index contributed by atoms with van der Waals surface area (Å²) < 4.78 is 42.1. The summed E-state index contributed by atoms with van der Waals surface area (Å²) in [6.07, 6.45) is 3.90. The molecule has 4 saturated heterocycles. The van der Waals surface area contributed by atoms with E-state index in [0.29, 0.717) is 65.2 Å². The highest BCUT2D eigenvalue weighted by Crippen LogP contribution is 2.43. The Bertz CT molecular complexity index is 1610. The topological polar surface area (TPSA) is 74.0 Å². The minimum absolute atomic E-state index is 0.0395. The number of phenols is 1. The third-order valence-electron chi connectivity index (χ3n) is 9.41. The first-order chi connectivity index (χ1) is 19.4. The van der Waals surface area contributed by atoms with Crippen LogP contribution in [0.3, 0.4) is 0 Å². The van der Waals surface area contributed by atoms with E-state index in [9.17, 15) is 9.50 Å². The lowest BCUT2D eigenvalue weighted by molar-refractivity contribution is 0.110. The van der Waals surface area contributed by atoms with Crippen molar-refractivity contribution in [2.75, 3.05) is 37.7 Å². The number of anilines is 1. The molecule has 0 radical (unpaired) electrons. The van der Waals surface area contributed by atoms with E-state index in [2.05, 4.69) is 15.1 Å². The summed E-state index contributed by atoms with van der Waals surface area (Å²) in [4.78, 5) is 9.52. The number of nitrogens with zero attached hydrogens (tertiary/aromatic N) is 3. The Kier molecular flexibility index (Phi) is 5.51. The van der Waals surface area contributed by atoms with Crippen LogP contribution in [0.15, 0.2) is 46.9 Å². The molecule has 0 saturated carbocycles. The molecular formula is C31H32F2N4O3. The van der Waals surface area contributed by atoms with E-state index in [1.807, 2.05) is 6.07 Å². The molecule has 4 fully saturated rings. The maximum absolute atomic E-state index is 15.0. The standard InChI is InChI=1S/C31H32F2N4O3/c32-19-13-31(7-2-8-37(31)14-19)17-39-28-12-27-24(30(35-28)36-15-20-5-6-21(16-36)34-20)11-26(40-27)23-10-22(38)9-18-3-1-4-25(33)29(18)23/h1,3-4,9-12,19-21,34,38H,2,5-8,13-17H2/t19-,20?,21?,31+/m1/s1. The van der Waals surface area contributed by atoms with Gasteiger partial charge in [0.05, 0.1) is 10.9 Å². The Morgan fingerprint density at radius 1 is 1.12 bits per heavy atom. The summed E-state index contributed by atoms with van der Waals surface area (Å²) in [5, 5.41) is 15.9. The number of nitrogens with one attached hydrogen (secondary N) is 1. The Labute approximate surface area is 230 Å². The molecule has 2 N–H and O–H groups in total. The van der Waals surface area contributed by atoms with Crippen molar-refractivity contribution >= 4 is 27.6 Å². The molecule has 2 bridgehead atoms. The van der Waals surface area contributed by atoms with Crippen LogP contribution in [-0.4, -0.2) is 71.6 Å². The van der Waals surface area contributed by atoms with E-state index in [4.69, 9.17) is 14.1 Å². The summed E-state index contributed by atoms with van der Waals surface area (Å²) in [6, 6.07) is 12.4. The van der Waals surface area contributed by atoms with Crippen LogP contribution in [-0.2, 0) is 0 Å². The predicted molar refractivity (Wildman–Crippen MR) is 149 cm³/mol. The third-order valence-corrected chi connectivity index (χ3v) is 9.41. The van der Waals surface area contributed by atoms with Crippen molar-refractivity contribution in [1.29, 1.82) is 0 Å². The molecule has 7 nitrogen and oxygen atoms in total. The predicted octanol–water partition coefficient (Wildman–Crippen LogP) is 5.39. The number of aromatic hydroxyl groups is 1. The van der Waals surface area contributed by atoms with Gasteiger partial charge >= 0.3 is 0 Å². The molecule has 0 spiro atoms. The van der Waals surface area contributed by atoms with Crippen molar-refractivity contribution in [1.82, 2.24) is 15.2 Å². The number of hydrogen-bond acceptors (Lipinski definition) is 7. The van der Waals surface area contributed by atoms with Crippen LogP contribution in [0.2, 0.25) is 0 Å². The average molecular weight is 547 g/mol. The van der Waals surface area contributed by atoms with Crippen LogP contribution < -0.4 is 15.0 Å². The van der Waals surface area contributed by atoms with E-state index in [1.54, 1.807) is 30.3 Å². The van der Waals surface area contributed by atoms with E-state index >= 15 is 4.39 Å². The van der Waals surface area contributed by atoms with Gasteiger partial charge in [-0.2, -0.15) is 4.98 Å². The largest absolute Gasteiger partial charge is 0.508 e. The lowest BCUT2D eigenvalue weighted by Crippen LogP contribution is -2.51. The third kappa shape index (κ3) is 3.93. The van der Waals surface area contributed by atoms with Gasteiger partial charge in [0.2, 0.25) is 5.88 Å². The molecule has 208 valence electrons. The molecule has 40 heavy (non-hydrogen) atoms. The summed E-state index contributed by atoms with van der Waals surface area (Å²) in [5.41, 5.74) is 0.791. The second-order valence-corrected chi connectivity index (χ2v) is 12.0. The van der Waals surface area contributed by atoms with Crippen LogP contribution in [0, 0.1) is 5.82 Å². The second kappa shape index (κ2) is 9.04. The normalized spacial score (nSPS) is 28.1. The Morgan fingerprint density at radius 2 is 1.98 bits per heavy atom. The lowest BCUT2D eigenvalue weighted by Gasteiger charge is -2.34. The number of benzene rings is 2. The van der Waals surface area contributed by atoms with Gasteiger partial charge in [-0.25, -0.2) is 8.78 Å². The van der Waals surface area contributed by atoms with Crippen LogP contribution >= 0.6 is 0 Å². The minimum Gasteiger partial charge on any atom is -0.508 e. The zero-order valence-electron chi connectivity index (χ0n) is 22.2. The number of rotatable bonds is 5. The first-order valence-electron chi connectivity index (χ1n) is 14.3. The van der Waals surface area contributed by atoms with Gasteiger partial charge in [0.1, 0.15) is 41.5 Å². The molecule has 0 aliphatic carbocycles. The summed E-state index contributed by atoms with van der Waals surface area (Å²) in [7, 11) is 0. The molecule has 4 aromatic rings. The van der Waals surface area contributed by atoms with Gasteiger partial charge in [0, 0.05) is 55.2 Å². The fourth-order valence-corrected chi connectivity index (χ4v) is 7.63. The van der Waals surface area contributed by atoms with Gasteiger partial charge in [0.25, 0.3) is 0 Å². The van der Waals surface area contributed by atoms with Crippen LogP contribution in [0.5, 0.6) is 11.6 Å². The van der Waals surface area contributed by atoms with E-state index < -0.39 is 6.17 Å². The monoisotopic (exact) mass is 546 g/mol. The van der Waals surface area contributed by atoms with Crippen molar-refractivity contribution in [3.8, 4) is 23.0 Å². The maximum atomic E-state index is 15.0. The summed E-state index contributed by atoms with van der Waals surface area (Å²) >= 11 is 0. The number of phenolic OH excluding ortho intramolecular Hbond substituents is 1. The molecule has 6 heterocycles. The van der Waals surface area contributed by atoms with E-state index in [-0.39, 0.29) is 17.1 Å².